The number of hydrogen-bond acceptors (Lipinski definition) is 3. The predicted molar refractivity (Wildman–Crippen MR) is 57.5 cm³/mol. The Morgan fingerprint density at radius 2 is 2.36 bits per heavy atom. The van der Waals surface area contributed by atoms with Gasteiger partial charge in [0.1, 0.15) is 0 Å². The SMILES string of the molecule is COCCC(C)Nc1cnn(C)c1C. The molecule has 0 amide bonds. The van der Waals surface area contributed by atoms with Crippen LogP contribution < -0.4 is 5.32 Å². The number of aromatic nitrogens is 2. The first-order valence-corrected chi connectivity index (χ1v) is 4.89. The van der Waals surface area contributed by atoms with Crippen LogP contribution in [0.25, 0.3) is 0 Å². The highest BCUT2D eigenvalue weighted by molar-refractivity contribution is 5.46. The molecule has 1 unspecified atom stereocenters. The molecule has 0 aliphatic carbocycles. The van der Waals surface area contributed by atoms with Crippen LogP contribution in [0.3, 0.4) is 0 Å². The second-order valence-corrected chi connectivity index (χ2v) is 3.59. The molecule has 1 heterocycles. The predicted octanol–water partition coefficient (Wildman–Crippen LogP) is 1.57. The molecule has 0 aliphatic heterocycles. The van der Waals surface area contributed by atoms with Gasteiger partial charge in [-0.1, -0.05) is 0 Å². The maximum atomic E-state index is 5.02. The molecule has 0 saturated carbocycles. The Morgan fingerprint density at radius 3 is 2.86 bits per heavy atom. The van der Waals surface area contributed by atoms with E-state index in [4.69, 9.17) is 4.74 Å². The zero-order valence-corrected chi connectivity index (χ0v) is 9.37. The van der Waals surface area contributed by atoms with Gasteiger partial charge in [-0.05, 0) is 20.3 Å². The first kappa shape index (κ1) is 11.0. The number of nitrogens with one attached hydrogen (secondary N) is 1. The number of anilines is 1. The van der Waals surface area contributed by atoms with Crippen LogP contribution >= 0.6 is 0 Å². The van der Waals surface area contributed by atoms with Crippen LogP contribution in [-0.4, -0.2) is 29.5 Å². The standard InChI is InChI=1S/C10H19N3O/c1-8(5-6-14-4)12-10-7-11-13(3)9(10)2/h7-8,12H,5-6H2,1-4H3. The molecule has 0 bridgehead atoms. The van der Waals surface area contributed by atoms with Crippen molar-refractivity contribution in [1.29, 1.82) is 0 Å². The highest BCUT2D eigenvalue weighted by atomic mass is 16.5. The topological polar surface area (TPSA) is 39.1 Å². The maximum Gasteiger partial charge on any atom is 0.0758 e. The van der Waals surface area contributed by atoms with Gasteiger partial charge in [-0.25, -0.2) is 0 Å². The molecule has 1 aromatic heterocycles. The highest BCUT2D eigenvalue weighted by Crippen LogP contribution is 2.14. The molecule has 0 aromatic carbocycles. The Balaban J connectivity index is 2.47. The van der Waals surface area contributed by atoms with E-state index in [1.54, 1.807) is 7.11 Å². The van der Waals surface area contributed by atoms with Crippen molar-refractivity contribution in [3.63, 3.8) is 0 Å². The summed E-state index contributed by atoms with van der Waals surface area (Å²) in [4.78, 5) is 0. The van der Waals surface area contributed by atoms with Gasteiger partial charge in [0.05, 0.1) is 17.6 Å². The monoisotopic (exact) mass is 197 g/mol. The molecule has 1 atom stereocenters. The zero-order chi connectivity index (χ0) is 10.6. The average Bonchev–Trinajstić information content (AvgIpc) is 2.46. The largest absolute Gasteiger partial charge is 0.385 e. The van der Waals surface area contributed by atoms with Crippen molar-refractivity contribution in [2.45, 2.75) is 26.3 Å². The lowest BCUT2D eigenvalue weighted by molar-refractivity contribution is 0.191. The van der Waals surface area contributed by atoms with Crippen molar-refractivity contribution >= 4 is 5.69 Å². The number of hydrogen-bond donors (Lipinski definition) is 1. The number of methoxy groups -OCH3 is 1. The normalized spacial score (nSPS) is 12.9. The van der Waals surface area contributed by atoms with Crippen LogP contribution in [0.4, 0.5) is 5.69 Å². The summed E-state index contributed by atoms with van der Waals surface area (Å²) in [7, 11) is 3.67. The summed E-state index contributed by atoms with van der Waals surface area (Å²) in [5.41, 5.74) is 2.27. The molecule has 1 aromatic rings. The molecular weight excluding hydrogens is 178 g/mol. The molecule has 0 radical (unpaired) electrons. The second-order valence-electron chi connectivity index (χ2n) is 3.59. The van der Waals surface area contributed by atoms with Crippen LogP contribution in [0.15, 0.2) is 6.20 Å². The van der Waals surface area contributed by atoms with Gasteiger partial charge in [0.15, 0.2) is 0 Å². The fraction of sp³-hybridized carbons (Fsp3) is 0.700. The van der Waals surface area contributed by atoms with E-state index in [2.05, 4.69) is 24.3 Å². The van der Waals surface area contributed by atoms with Crippen LogP contribution in [0, 0.1) is 6.92 Å². The number of nitrogens with zero attached hydrogens (tertiary/aromatic N) is 2. The number of aryl methyl sites for hydroxylation is 1. The van der Waals surface area contributed by atoms with Gasteiger partial charge in [0, 0.05) is 26.8 Å². The summed E-state index contributed by atoms with van der Waals surface area (Å²) in [5, 5.41) is 7.57. The minimum absolute atomic E-state index is 0.415. The third kappa shape index (κ3) is 2.73. The fourth-order valence-corrected chi connectivity index (χ4v) is 1.27. The van der Waals surface area contributed by atoms with Crippen molar-refractivity contribution in [3.8, 4) is 0 Å². The number of ether oxygens (including phenoxy) is 1. The molecule has 14 heavy (non-hydrogen) atoms. The van der Waals surface area contributed by atoms with Crippen LogP contribution in [0.1, 0.15) is 19.0 Å². The molecule has 1 rings (SSSR count). The van der Waals surface area contributed by atoms with E-state index in [0.717, 1.165) is 24.4 Å². The van der Waals surface area contributed by atoms with Crippen LogP contribution in [0.5, 0.6) is 0 Å². The van der Waals surface area contributed by atoms with Gasteiger partial charge in [-0.3, -0.25) is 4.68 Å². The third-order valence-electron chi connectivity index (χ3n) is 2.39. The van der Waals surface area contributed by atoms with Crippen LogP contribution in [-0.2, 0) is 11.8 Å². The molecule has 0 saturated heterocycles. The highest BCUT2D eigenvalue weighted by Gasteiger charge is 2.06. The van der Waals surface area contributed by atoms with E-state index < -0.39 is 0 Å². The third-order valence-corrected chi connectivity index (χ3v) is 2.39. The van der Waals surface area contributed by atoms with Gasteiger partial charge in [0.2, 0.25) is 0 Å². The first-order chi connectivity index (χ1) is 6.65. The molecular formula is C10H19N3O. The molecule has 4 heteroatoms. The molecule has 0 aliphatic rings. The summed E-state index contributed by atoms with van der Waals surface area (Å²) in [6.45, 7) is 4.98. The van der Waals surface area contributed by atoms with E-state index in [-0.39, 0.29) is 0 Å². The van der Waals surface area contributed by atoms with Gasteiger partial charge < -0.3 is 10.1 Å². The quantitative estimate of drug-likeness (QED) is 0.778. The Bertz CT molecular complexity index is 283. The van der Waals surface area contributed by atoms with E-state index in [9.17, 15) is 0 Å². The second kappa shape index (κ2) is 5.00. The van der Waals surface area contributed by atoms with Crippen molar-refractivity contribution in [2.75, 3.05) is 19.0 Å². The summed E-state index contributed by atoms with van der Waals surface area (Å²) >= 11 is 0. The van der Waals surface area contributed by atoms with Gasteiger partial charge >= 0.3 is 0 Å². The summed E-state index contributed by atoms with van der Waals surface area (Å²) < 4.78 is 6.89. The Kier molecular flexibility index (Phi) is 3.95. The van der Waals surface area contributed by atoms with Crippen molar-refractivity contribution in [3.05, 3.63) is 11.9 Å². The number of rotatable bonds is 5. The summed E-state index contributed by atoms with van der Waals surface area (Å²) in [6, 6.07) is 0.415. The lowest BCUT2D eigenvalue weighted by Gasteiger charge is -2.13. The van der Waals surface area contributed by atoms with Gasteiger partial charge in [0.25, 0.3) is 0 Å². The van der Waals surface area contributed by atoms with E-state index >= 15 is 0 Å². The molecule has 0 fully saturated rings. The first-order valence-electron chi connectivity index (χ1n) is 4.89. The maximum absolute atomic E-state index is 5.02. The Morgan fingerprint density at radius 1 is 1.64 bits per heavy atom. The summed E-state index contributed by atoms with van der Waals surface area (Å²) in [6.07, 6.45) is 2.86. The Labute approximate surface area is 85.3 Å². The van der Waals surface area contributed by atoms with E-state index in [1.807, 2.05) is 17.9 Å². The van der Waals surface area contributed by atoms with E-state index in [0.29, 0.717) is 6.04 Å². The molecule has 4 nitrogen and oxygen atoms in total. The lowest BCUT2D eigenvalue weighted by Crippen LogP contribution is -2.17. The van der Waals surface area contributed by atoms with Crippen LogP contribution in [0.2, 0.25) is 0 Å². The smallest absolute Gasteiger partial charge is 0.0758 e. The Hall–Kier alpha value is -1.03. The fourth-order valence-electron chi connectivity index (χ4n) is 1.27. The molecule has 0 spiro atoms. The van der Waals surface area contributed by atoms with Gasteiger partial charge in [-0.15, -0.1) is 0 Å². The summed E-state index contributed by atoms with van der Waals surface area (Å²) in [5.74, 6) is 0. The molecule has 80 valence electrons. The molecule has 1 N–H and O–H groups in total. The van der Waals surface area contributed by atoms with Crippen molar-refractivity contribution in [2.24, 2.45) is 7.05 Å². The van der Waals surface area contributed by atoms with Crippen molar-refractivity contribution in [1.82, 2.24) is 9.78 Å². The van der Waals surface area contributed by atoms with Crippen molar-refractivity contribution < 1.29 is 4.74 Å². The van der Waals surface area contributed by atoms with Gasteiger partial charge in [-0.2, -0.15) is 5.10 Å². The lowest BCUT2D eigenvalue weighted by atomic mass is 10.2. The minimum Gasteiger partial charge on any atom is -0.385 e. The van der Waals surface area contributed by atoms with E-state index in [1.165, 1.54) is 0 Å². The average molecular weight is 197 g/mol. The zero-order valence-electron chi connectivity index (χ0n) is 9.37. The minimum atomic E-state index is 0.415.